The van der Waals surface area contributed by atoms with Crippen LogP contribution in [0.15, 0.2) is 83.9 Å². The largest absolute Gasteiger partial charge is 0.268 e. The first kappa shape index (κ1) is 13.4. The van der Waals surface area contributed by atoms with Gasteiger partial charge in [0.05, 0.1) is 16.6 Å². The third-order valence-corrected chi connectivity index (χ3v) is 3.71. The topological polar surface area (TPSA) is 47.8 Å². The van der Waals surface area contributed by atoms with Gasteiger partial charge in [0, 0.05) is 18.0 Å². The Labute approximate surface area is 132 Å². The zero-order valence-electron chi connectivity index (χ0n) is 12.3. The van der Waals surface area contributed by atoms with Crippen LogP contribution in [0, 0.1) is 0 Å². The highest BCUT2D eigenvalue weighted by Gasteiger charge is 2.13. The lowest BCUT2D eigenvalue weighted by molar-refractivity contribution is 0.974. The lowest BCUT2D eigenvalue weighted by Gasteiger charge is -2.13. The summed E-state index contributed by atoms with van der Waals surface area (Å²) < 4.78 is 1.64. The van der Waals surface area contributed by atoms with Crippen LogP contribution in [0.3, 0.4) is 0 Å². The molecule has 110 valence electrons. The molecule has 2 aromatic carbocycles. The molecule has 4 nitrogen and oxygen atoms in total. The molecule has 0 saturated heterocycles. The summed E-state index contributed by atoms with van der Waals surface area (Å²) >= 11 is 0. The van der Waals surface area contributed by atoms with Gasteiger partial charge in [-0.15, -0.1) is 0 Å². The Bertz CT molecular complexity index is 1020. The molecule has 0 spiro atoms. The van der Waals surface area contributed by atoms with Gasteiger partial charge in [-0.25, -0.2) is 4.98 Å². The molecule has 0 radical (unpaired) electrons. The molecule has 2 aromatic heterocycles. The van der Waals surface area contributed by atoms with Gasteiger partial charge in [0.1, 0.15) is 5.82 Å². The van der Waals surface area contributed by atoms with Crippen LogP contribution in [0.25, 0.3) is 28.0 Å². The normalized spacial score (nSPS) is 10.8. The van der Waals surface area contributed by atoms with E-state index in [1.807, 2.05) is 60.7 Å². The zero-order chi connectivity index (χ0) is 15.6. The van der Waals surface area contributed by atoms with E-state index in [2.05, 4.69) is 4.98 Å². The second-order valence-corrected chi connectivity index (χ2v) is 5.17. The molecule has 0 fully saturated rings. The minimum absolute atomic E-state index is 0.0827. The van der Waals surface area contributed by atoms with E-state index in [4.69, 9.17) is 4.98 Å². The molecule has 0 saturated carbocycles. The van der Waals surface area contributed by atoms with Gasteiger partial charge in [-0.05, 0) is 36.4 Å². The zero-order valence-corrected chi connectivity index (χ0v) is 12.3. The Morgan fingerprint density at radius 2 is 1.61 bits per heavy atom. The maximum absolute atomic E-state index is 13.0. The molecule has 4 heteroatoms. The maximum Gasteiger partial charge on any atom is 0.266 e. The van der Waals surface area contributed by atoms with Crippen LogP contribution in [0.4, 0.5) is 0 Å². The number of benzene rings is 2. The van der Waals surface area contributed by atoms with Gasteiger partial charge in [0.15, 0.2) is 0 Å². The van der Waals surface area contributed by atoms with E-state index in [9.17, 15) is 4.79 Å². The van der Waals surface area contributed by atoms with E-state index in [0.717, 1.165) is 11.3 Å². The molecule has 0 atom stereocenters. The molecule has 4 aromatic rings. The van der Waals surface area contributed by atoms with Crippen molar-refractivity contribution in [1.29, 1.82) is 0 Å². The third kappa shape index (κ3) is 2.30. The number of rotatable bonds is 2. The first-order chi connectivity index (χ1) is 11.3. The number of pyridine rings is 1. The maximum atomic E-state index is 13.0. The monoisotopic (exact) mass is 299 g/mol. The average molecular weight is 299 g/mol. The standard InChI is InChI=1S/C19H13N3O/c23-19-16-10-4-5-11-17(16)21-18(14-7-6-12-20-13-14)22(19)15-8-2-1-3-9-15/h1-13H. The van der Waals surface area contributed by atoms with Gasteiger partial charge >= 0.3 is 0 Å². The minimum atomic E-state index is -0.0827. The van der Waals surface area contributed by atoms with Crippen LogP contribution in [0.1, 0.15) is 0 Å². The fourth-order valence-electron chi connectivity index (χ4n) is 2.64. The summed E-state index contributed by atoms with van der Waals surface area (Å²) in [7, 11) is 0. The Kier molecular flexibility index (Phi) is 3.20. The molecular formula is C19H13N3O. The van der Waals surface area contributed by atoms with E-state index < -0.39 is 0 Å². The lowest BCUT2D eigenvalue weighted by atomic mass is 10.2. The molecule has 0 aliphatic heterocycles. The summed E-state index contributed by atoms with van der Waals surface area (Å²) in [5.74, 6) is 0.591. The van der Waals surface area contributed by atoms with Crippen LogP contribution in [-0.2, 0) is 0 Å². The quantitative estimate of drug-likeness (QED) is 0.569. The van der Waals surface area contributed by atoms with Crippen molar-refractivity contribution in [3.05, 3.63) is 89.5 Å². The summed E-state index contributed by atoms with van der Waals surface area (Å²) in [4.78, 5) is 21.9. The SMILES string of the molecule is O=c1c2ccccc2nc(-c2cccnc2)n1-c1ccccc1. The number of para-hydroxylation sites is 2. The number of hydrogen-bond acceptors (Lipinski definition) is 3. The van der Waals surface area contributed by atoms with Crippen molar-refractivity contribution >= 4 is 10.9 Å². The number of fused-ring (bicyclic) bond motifs is 1. The van der Waals surface area contributed by atoms with Crippen molar-refractivity contribution < 1.29 is 0 Å². The van der Waals surface area contributed by atoms with Crippen molar-refractivity contribution in [3.8, 4) is 17.1 Å². The van der Waals surface area contributed by atoms with E-state index >= 15 is 0 Å². The van der Waals surface area contributed by atoms with Crippen molar-refractivity contribution in [2.45, 2.75) is 0 Å². The Balaban J connectivity index is 2.14. The van der Waals surface area contributed by atoms with E-state index in [1.54, 1.807) is 23.0 Å². The minimum Gasteiger partial charge on any atom is -0.268 e. The summed E-state index contributed by atoms with van der Waals surface area (Å²) in [5, 5.41) is 0.601. The Morgan fingerprint density at radius 1 is 0.826 bits per heavy atom. The molecule has 0 bridgehead atoms. The molecule has 0 amide bonds. The molecule has 0 N–H and O–H groups in total. The highest BCUT2D eigenvalue weighted by Crippen LogP contribution is 2.21. The number of nitrogens with zero attached hydrogens (tertiary/aromatic N) is 3. The Morgan fingerprint density at radius 3 is 2.39 bits per heavy atom. The van der Waals surface area contributed by atoms with E-state index in [1.165, 1.54) is 0 Å². The summed E-state index contributed by atoms with van der Waals surface area (Å²) in [6.07, 6.45) is 3.42. The number of hydrogen-bond donors (Lipinski definition) is 0. The summed E-state index contributed by atoms with van der Waals surface area (Å²) in [6, 6.07) is 20.7. The van der Waals surface area contributed by atoms with Crippen LogP contribution >= 0.6 is 0 Å². The van der Waals surface area contributed by atoms with Crippen molar-refractivity contribution in [1.82, 2.24) is 14.5 Å². The third-order valence-electron chi connectivity index (χ3n) is 3.71. The summed E-state index contributed by atoms with van der Waals surface area (Å²) in [6.45, 7) is 0. The highest BCUT2D eigenvalue weighted by molar-refractivity contribution is 5.80. The fraction of sp³-hybridized carbons (Fsp3) is 0. The molecule has 4 rings (SSSR count). The van der Waals surface area contributed by atoms with Gasteiger partial charge in [0.2, 0.25) is 0 Å². The van der Waals surface area contributed by atoms with Gasteiger partial charge in [-0.2, -0.15) is 0 Å². The predicted molar refractivity (Wildman–Crippen MR) is 90.6 cm³/mol. The molecule has 0 aliphatic carbocycles. The van der Waals surface area contributed by atoms with Crippen molar-refractivity contribution in [2.75, 3.05) is 0 Å². The van der Waals surface area contributed by atoms with Crippen LogP contribution in [0.2, 0.25) is 0 Å². The van der Waals surface area contributed by atoms with Crippen LogP contribution in [-0.4, -0.2) is 14.5 Å². The fourth-order valence-corrected chi connectivity index (χ4v) is 2.64. The van der Waals surface area contributed by atoms with Gasteiger partial charge in [0.25, 0.3) is 5.56 Å². The number of aromatic nitrogens is 3. The van der Waals surface area contributed by atoms with Gasteiger partial charge in [-0.3, -0.25) is 14.3 Å². The van der Waals surface area contributed by atoms with Gasteiger partial charge < -0.3 is 0 Å². The molecule has 2 heterocycles. The van der Waals surface area contributed by atoms with E-state index in [0.29, 0.717) is 16.7 Å². The molecular weight excluding hydrogens is 286 g/mol. The van der Waals surface area contributed by atoms with Crippen molar-refractivity contribution in [2.24, 2.45) is 0 Å². The lowest BCUT2D eigenvalue weighted by Crippen LogP contribution is -2.21. The van der Waals surface area contributed by atoms with Gasteiger partial charge in [-0.1, -0.05) is 30.3 Å². The summed E-state index contributed by atoms with van der Waals surface area (Å²) in [5.41, 5.74) is 2.19. The highest BCUT2D eigenvalue weighted by atomic mass is 16.1. The molecule has 0 unspecified atom stereocenters. The second-order valence-electron chi connectivity index (χ2n) is 5.17. The second kappa shape index (κ2) is 5.50. The average Bonchev–Trinajstić information content (AvgIpc) is 2.63. The first-order valence-corrected chi connectivity index (χ1v) is 7.32. The van der Waals surface area contributed by atoms with Crippen molar-refractivity contribution in [3.63, 3.8) is 0 Å². The van der Waals surface area contributed by atoms with E-state index in [-0.39, 0.29) is 5.56 Å². The first-order valence-electron chi connectivity index (χ1n) is 7.32. The Hall–Kier alpha value is -3.27. The smallest absolute Gasteiger partial charge is 0.266 e. The van der Waals surface area contributed by atoms with Crippen LogP contribution in [0.5, 0.6) is 0 Å². The van der Waals surface area contributed by atoms with Crippen LogP contribution < -0.4 is 5.56 Å². The predicted octanol–water partition coefficient (Wildman–Crippen LogP) is 3.45. The molecule has 23 heavy (non-hydrogen) atoms. The molecule has 0 aliphatic rings.